The number of furan rings is 1. The predicted octanol–water partition coefficient (Wildman–Crippen LogP) is 3.96. The summed E-state index contributed by atoms with van der Waals surface area (Å²) in [5.74, 6) is -0.725. The molecule has 0 fully saturated rings. The number of rotatable bonds is 6. The van der Waals surface area contributed by atoms with Gasteiger partial charge in [-0.1, -0.05) is 6.08 Å². The quantitative estimate of drug-likeness (QED) is 0.303. The highest BCUT2D eigenvalue weighted by atomic mass is 16.6. The number of ketones is 1. The summed E-state index contributed by atoms with van der Waals surface area (Å²) in [6.45, 7) is 0. The maximum atomic E-state index is 12.7. The van der Waals surface area contributed by atoms with Gasteiger partial charge in [0.2, 0.25) is 5.75 Å². The van der Waals surface area contributed by atoms with E-state index in [-0.39, 0.29) is 28.3 Å². The third kappa shape index (κ3) is 3.20. The van der Waals surface area contributed by atoms with Crippen LogP contribution in [0.2, 0.25) is 0 Å². The zero-order valence-electron chi connectivity index (χ0n) is 14.5. The Labute approximate surface area is 153 Å². The first-order valence-corrected chi connectivity index (χ1v) is 7.79. The maximum Gasteiger partial charge on any atom is 0.269 e. The van der Waals surface area contributed by atoms with E-state index < -0.39 is 16.5 Å². The number of phenols is 1. The number of allylic oxidation sites excluding steroid dienone is 1. The number of aromatic hydroxyl groups is 1. The van der Waals surface area contributed by atoms with Crippen molar-refractivity contribution in [3.63, 3.8) is 0 Å². The van der Waals surface area contributed by atoms with Gasteiger partial charge in [0.25, 0.3) is 5.69 Å². The number of methoxy groups -OCH3 is 2. The molecule has 0 spiro atoms. The van der Waals surface area contributed by atoms with Gasteiger partial charge in [-0.2, -0.15) is 0 Å². The molecule has 0 saturated carbocycles. The van der Waals surface area contributed by atoms with E-state index in [0.29, 0.717) is 10.9 Å². The van der Waals surface area contributed by atoms with Crippen LogP contribution in [0, 0.1) is 10.1 Å². The molecule has 138 valence electrons. The molecule has 2 aromatic carbocycles. The predicted molar refractivity (Wildman–Crippen MR) is 97.4 cm³/mol. The summed E-state index contributed by atoms with van der Waals surface area (Å²) in [5, 5.41) is 21.7. The molecule has 8 nitrogen and oxygen atoms in total. The Morgan fingerprint density at radius 2 is 1.81 bits per heavy atom. The zero-order valence-corrected chi connectivity index (χ0v) is 14.5. The van der Waals surface area contributed by atoms with Gasteiger partial charge in [-0.05, 0) is 29.8 Å². The fraction of sp³-hybridized carbons (Fsp3) is 0.105. The van der Waals surface area contributed by atoms with Crippen molar-refractivity contribution >= 4 is 28.5 Å². The minimum atomic E-state index is -0.524. The van der Waals surface area contributed by atoms with Gasteiger partial charge < -0.3 is 19.0 Å². The summed E-state index contributed by atoms with van der Waals surface area (Å²) in [5.41, 5.74) is 0.737. The number of nitro groups is 1. The molecule has 27 heavy (non-hydrogen) atoms. The normalized spacial score (nSPS) is 11.0. The minimum absolute atomic E-state index is 0.0304. The van der Waals surface area contributed by atoms with Crippen molar-refractivity contribution in [3.8, 4) is 17.2 Å². The summed E-state index contributed by atoms with van der Waals surface area (Å²) in [6, 6.07) is 7.30. The van der Waals surface area contributed by atoms with Crippen LogP contribution in [0.5, 0.6) is 17.2 Å². The van der Waals surface area contributed by atoms with Crippen molar-refractivity contribution in [3.05, 3.63) is 63.9 Å². The summed E-state index contributed by atoms with van der Waals surface area (Å²) in [6.07, 6.45) is 4.12. The number of nitrogens with zero attached hydrogens (tertiary/aromatic N) is 1. The molecule has 1 N–H and O–H groups in total. The van der Waals surface area contributed by atoms with Crippen LogP contribution in [0.3, 0.4) is 0 Å². The van der Waals surface area contributed by atoms with E-state index in [2.05, 4.69) is 0 Å². The molecule has 0 amide bonds. The van der Waals surface area contributed by atoms with Crippen LogP contribution in [0.1, 0.15) is 15.9 Å². The highest BCUT2D eigenvalue weighted by Crippen LogP contribution is 2.45. The van der Waals surface area contributed by atoms with Crippen LogP contribution < -0.4 is 9.47 Å². The first kappa shape index (κ1) is 18.0. The van der Waals surface area contributed by atoms with Gasteiger partial charge in [0.15, 0.2) is 17.1 Å². The van der Waals surface area contributed by atoms with Crippen molar-refractivity contribution in [1.82, 2.24) is 0 Å². The number of hydrogen-bond donors (Lipinski definition) is 1. The molecule has 0 aliphatic rings. The standard InChI is InChI=1S/C19H15NO7/c1-25-17-13-9-10-27-18(13)19(26-2)16(22)15(17)14(21)8-5-11-3-6-12(7-4-11)20(23)24/h3-10,22H,1-2H3. The van der Waals surface area contributed by atoms with Gasteiger partial charge in [0.05, 0.1) is 30.8 Å². The zero-order chi connectivity index (χ0) is 19.6. The SMILES string of the molecule is COc1c(C(=O)C=Cc2ccc([N+](=O)[O-])cc2)c(O)c(OC)c2occc12. The number of carbonyl (C=O) groups is 1. The molecular weight excluding hydrogens is 354 g/mol. The van der Waals surface area contributed by atoms with Crippen LogP contribution in [0.4, 0.5) is 5.69 Å². The largest absolute Gasteiger partial charge is 0.504 e. The van der Waals surface area contributed by atoms with Gasteiger partial charge in [-0.25, -0.2) is 0 Å². The van der Waals surface area contributed by atoms with Crippen LogP contribution in [0.15, 0.2) is 47.1 Å². The molecule has 0 bridgehead atoms. The second-order valence-electron chi connectivity index (χ2n) is 5.50. The fourth-order valence-corrected chi connectivity index (χ4v) is 2.72. The molecule has 1 heterocycles. The van der Waals surface area contributed by atoms with Crippen molar-refractivity contribution in [2.75, 3.05) is 14.2 Å². The Morgan fingerprint density at radius 3 is 2.41 bits per heavy atom. The smallest absolute Gasteiger partial charge is 0.269 e. The van der Waals surface area contributed by atoms with E-state index in [4.69, 9.17) is 13.9 Å². The lowest BCUT2D eigenvalue weighted by Crippen LogP contribution is -2.02. The van der Waals surface area contributed by atoms with Gasteiger partial charge in [0.1, 0.15) is 11.3 Å². The van der Waals surface area contributed by atoms with E-state index in [0.717, 1.165) is 0 Å². The van der Waals surface area contributed by atoms with Crippen LogP contribution in [-0.4, -0.2) is 30.0 Å². The van der Waals surface area contributed by atoms with Gasteiger partial charge in [0, 0.05) is 12.1 Å². The van der Waals surface area contributed by atoms with E-state index in [1.54, 1.807) is 6.07 Å². The Hall–Kier alpha value is -3.81. The second kappa shape index (κ2) is 7.20. The number of non-ortho nitro benzene ring substituents is 1. The van der Waals surface area contributed by atoms with Crippen molar-refractivity contribution in [2.24, 2.45) is 0 Å². The minimum Gasteiger partial charge on any atom is -0.504 e. The first-order valence-electron chi connectivity index (χ1n) is 7.79. The van der Waals surface area contributed by atoms with Crippen molar-refractivity contribution in [1.29, 1.82) is 0 Å². The van der Waals surface area contributed by atoms with Crippen molar-refractivity contribution in [2.45, 2.75) is 0 Å². The molecule has 0 unspecified atom stereocenters. The summed E-state index contributed by atoms with van der Waals surface area (Å²) >= 11 is 0. The molecular formula is C19H15NO7. The highest BCUT2D eigenvalue weighted by Gasteiger charge is 2.26. The van der Waals surface area contributed by atoms with Gasteiger partial charge >= 0.3 is 0 Å². The Kier molecular flexibility index (Phi) is 4.80. The molecule has 3 aromatic rings. The van der Waals surface area contributed by atoms with Gasteiger partial charge in [-0.3, -0.25) is 14.9 Å². The lowest BCUT2D eigenvalue weighted by molar-refractivity contribution is -0.384. The number of phenolic OH excluding ortho intramolecular Hbond substituents is 1. The third-order valence-electron chi connectivity index (χ3n) is 3.98. The molecule has 8 heteroatoms. The lowest BCUT2D eigenvalue weighted by Gasteiger charge is -2.12. The van der Waals surface area contributed by atoms with E-state index >= 15 is 0 Å². The molecule has 0 aliphatic heterocycles. The van der Waals surface area contributed by atoms with Crippen molar-refractivity contribution < 1.29 is 28.7 Å². The molecule has 1 aromatic heterocycles. The number of fused-ring (bicyclic) bond motifs is 1. The molecule has 0 radical (unpaired) electrons. The molecule has 0 aliphatic carbocycles. The van der Waals surface area contributed by atoms with Crippen LogP contribution in [0.25, 0.3) is 17.0 Å². The third-order valence-corrected chi connectivity index (χ3v) is 3.98. The first-order chi connectivity index (χ1) is 13.0. The average molecular weight is 369 g/mol. The highest BCUT2D eigenvalue weighted by molar-refractivity contribution is 6.15. The number of carbonyl (C=O) groups excluding carboxylic acids is 1. The fourth-order valence-electron chi connectivity index (χ4n) is 2.72. The molecule has 0 saturated heterocycles. The molecule has 0 atom stereocenters. The monoisotopic (exact) mass is 369 g/mol. The lowest BCUT2D eigenvalue weighted by atomic mass is 10.0. The number of nitro benzene ring substituents is 1. The summed E-state index contributed by atoms with van der Waals surface area (Å²) in [7, 11) is 2.73. The number of hydrogen-bond acceptors (Lipinski definition) is 7. The van der Waals surface area contributed by atoms with E-state index in [9.17, 15) is 20.0 Å². The number of ether oxygens (including phenoxy) is 2. The summed E-state index contributed by atoms with van der Waals surface area (Å²) < 4.78 is 15.8. The summed E-state index contributed by atoms with van der Waals surface area (Å²) in [4.78, 5) is 22.9. The number of benzene rings is 2. The second-order valence-corrected chi connectivity index (χ2v) is 5.50. The maximum absolute atomic E-state index is 12.7. The van der Waals surface area contributed by atoms with Crippen LogP contribution in [-0.2, 0) is 0 Å². The topological polar surface area (TPSA) is 112 Å². The Balaban J connectivity index is 2.02. The average Bonchev–Trinajstić information content (AvgIpc) is 3.14. The Bertz CT molecular complexity index is 1050. The Morgan fingerprint density at radius 1 is 1.15 bits per heavy atom. The van der Waals surface area contributed by atoms with Gasteiger partial charge in [-0.15, -0.1) is 0 Å². The molecule has 3 rings (SSSR count). The van der Waals surface area contributed by atoms with E-state index in [1.807, 2.05) is 0 Å². The van der Waals surface area contributed by atoms with E-state index in [1.165, 1.54) is 56.9 Å². The van der Waals surface area contributed by atoms with Crippen LogP contribution >= 0.6 is 0 Å².